The van der Waals surface area contributed by atoms with Gasteiger partial charge in [-0.15, -0.1) is 0 Å². The van der Waals surface area contributed by atoms with E-state index in [2.05, 4.69) is 26.4 Å². The first-order valence-corrected chi connectivity index (χ1v) is 11.7. The molecule has 5 heterocycles. The number of pyridine rings is 3. The summed E-state index contributed by atoms with van der Waals surface area (Å²) in [6, 6.07) is 13.7. The van der Waals surface area contributed by atoms with Crippen molar-refractivity contribution in [2.75, 3.05) is 13.1 Å². The Morgan fingerprint density at radius 3 is 2.60 bits per heavy atom. The molecule has 4 aromatic heterocycles. The van der Waals surface area contributed by atoms with E-state index in [-0.39, 0.29) is 6.04 Å². The summed E-state index contributed by atoms with van der Waals surface area (Å²) in [5.74, 6) is 0. The van der Waals surface area contributed by atoms with Crippen LogP contribution in [0.1, 0.15) is 25.8 Å². The number of piperidine rings is 1. The number of likely N-dealkylation sites (tertiary alicyclic amines) is 1. The number of nitrogens with zero attached hydrogens (tertiary/aromatic N) is 5. The van der Waals surface area contributed by atoms with Gasteiger partial charge >= 0.3 is 5.69 Å². The first kappa shape index (κ1) is 21.2. The van der Waals surface area contributed by atoms with Gasteiger partial charge in [0, 0.05) is 48.2 Å². The number of para-hydroxylation sites is 1. The van der Waals surface area contributed by atoms with Gasteiger partial charge in [-0.1, -0.05) is 24.8 Å². The normalized spacial score (nSPS) is 14.7. The molecule has 1 aliphatic rings. The van der Waals surface area contributed by atoms with Gasteiger partial charge in [-0.25, -0.2) is 9.78 Å². The molecule has 0 saturated carbocycles. The molecule has 6 rings (SSSR count). The number of benzene rings is 1. The number of aromatic amines is 1. The number of hydrogen-bond donors (Lipinski definition) is 1. The van der Waals surface area contributed by atoms with Crippen molar-refractivity contribution in [2.24, 2.45) is 0 Å². The second-order valence-corrected chi connectivity index (χ2v) is 9.08. The second-order valence-electron chi connectivity index (χ2n) is 9.08. The average Bonchev–Trinajstić information content (AvgIpc) is 2.88. The monoisotopic (exact) mass is 464 g/mol. The molecule has 35 heavy (non-hydrogen) atoms. The number of nitrogens with one attached hydrogen (secondary N) is 1. The molecule has 1 fully saturated rings. The molecular formula is C27H24N6O2. The van der Waals surface area contributed by atoms with E-state index >= 15 is 0 Å². The third-order valence-electron chi connectivity index (χ3n) is 6.87. The maximum absolute atomic E-state index is 13.1. The minimum Gasteiger partial charge on any atom is -0.375 e. The van der Waals surface area contributed by atoms with Crippen molar-refractivity contribution in [3.63, 3.8) is 0 Å². The van der Waals surface area contributed by atoms with Crippen LogP contribution in [0, 0.1) is 0 Å². The van der Waals surface area contributed by atoms with Crippen LogP contribution >= 0.6 is 0 Å². The zero-order valence-electron chi connectivity index (χ0n) is 19.4. The number of aromatic nitrogens is 5. The van der Waals surface area contributed by atoms with E-state index in [1.54, 1.807) is 10.8 Å². The van der Waals surface area contributed by atoms with Gasteiger partial charge in [0.1, 0.15) is 5.52 Å². The summed E-state index contributed by atoms with van der Waals surface area (Å²) in [4.78, 5) is 44.6. The molecule has 1 aliphatic heterocycles. The number of rotatable bonds is 3. The zero-order chi connectivity index (χ0) is 24.1. The predicted molar refractivity (Wildman–Crippen MR) is 137 cm³/mol. The molecule has 0 atom stereocenters. The standard InChI is InChI=1S/C27H24N6O2/c1-16(2)32-11-9-19(10-12-32)33-25-20(26(34)31-27(33)35)15-29-23-8-7-22(30-24(23)25)18-13-17-5-3-4-6-21(17)28-14-18/h3-8,13-15,19H,1,9-12H2,2H3,(H,31,34,35). The topological polar surface area (TPSA) is 96.8 Å². The molecule has 1 N–H and O–H groups in total. The van der Waals surface area contributed by atoms with E-state index in [1.165, 1.54) is 6.20 Å². The fourth-order valence-corrected chi connectivity index (χ4v) is 5.02. The van der Waals surface area contributed by atoms with Crippen LogP contribution < -0.4 is 11.2 Å². The fraction of sp³-hybridized carbons (Fsp3) is 0.222. The lowest BCUT2D eigenvalue weighted by Crippen LogP contribution is -2.39. The Labute approximate surface area is 200 Å². The molecule has 0 bridgehead atoms. The van der Waals surface area contributed by atoms with Crippen molar-refractivity contribution in [1.82, 2.24) is 29.4 Å². The lowest BCUT2D eigenvalue weighted by molar-refractivity contribution is 0.228. The summed E-state index contributed by atoms with van der Waals surface area (Å²) >= 11 is 0. The first-order chi connectivity index (χ1) is 17.0. The van der Waals surface area contributed by atoms with Crippen molar-refractivity contribution in [3.05, 3.63) is 88.0 Å². The number of H-pyrrole nitrogens is 1. The summed E-state index contributed by atoms with van der Waals surface area (Å²) in [7, 11) is 0. The molecule has 0 radical (unpaired) electrons. The Morgan fingerprint density at radius 2 is 1.80 bits per heavy atom. The van der Waals surface area contributed by atoms with Gasteiger partial charge in [-0.3, -0.25) is 24.3 Å². The summed E-state index contributed by atoms with van der Waals surface area (Å²) in [6.07, 6.45) is 4.87. The molecule has 1 saturated heterocycles. The molecule has 0 spiro atoms. The Hall–Kier alpha value is -4.33. The van der Waals surface area contributed by atoms with E-state index < -0.39 is 11.2 Å². The number of allylic oxidation sites excluding steroid dienone is 1. The second kappa shape index (κ2) is 8.16. The molecule has 8 nitrogen and oxygen atoms in total. The molecule has 0 aliphatic carbocycles. The first-order valence-electron chi connectivity index (χ1n) is 11.7. The van der Waals surface area contributed by atoms with Crippen LogP contribution in [0.3, 0.4) is 0 Å². The Bertz CT molecular complexity index is 1740. The summed E-state index contributed by atoms with van der Waals surface area (Å²) < 4.78 is 1.71. The van der Waals surface area contributed by atoms with Crippen molar-refractivity contribution in [2.45, 2.75) is 25.8 Å². The predicted octanol–water partition coefficient (Wildman–Crippen LogP) is 4.02. The molecule has 174 valence electrons. The highest BCUT2D eigenvalue weighted by Gasteiger charge is 2.25. The highest BCUT2D eigenvalue weighted by atomic mass is 16.2. The van der Waals surface area contributed by atoms with Gasteiger partial charge in [-0.2, -0.15) is 0 Å². The molecular weight excluding hydrogens is 440 g/mol. The van der Waals surface area contributed by atoms with Gasteiger partial charge < -0.3 is 4.90 Å². The van der Waals surface area contributed by atoms with Crippen LogP contribution in [0.5, 0.6) is 0 Å². The van der Waals surface area contributed by atoms with E-state index in [9.17, 15) is 9.59 Å². The molecule has 8 heteroatoms. The fourth-order valence-electron chi connectivity index (χ4n) is 5.02. The number of fused-ring (bicyclic) bond motifs is 4. The summed E-state index contributed by atoms with van der Waals surface area (Å²) in [5, 5.41) is 1.38. The zero-order valence-corrected chi connectivity index (χ0v) is 19.4. The van der Waals surface area contributed by atoms with Gasteiger partial charge in [0.25, 0.3) is 5.56 Å². The third-order valence-corrected chi connectivity index (χ3v) is 6.87. The van der Waals surface area contributed by atoms with Crippen molar-refractivity contribution < 1.29 is 0 Å². The number of hydrogen-bond acceptors (Lipinski definition) is 6. The Balaban J connectivity index is 1.56. The quantitative estimate of drug-likeness (QED) is 0.405. The summed E-state index contributed by atoms with van der Waals surface area (Å²) in [6.45, 7) is 7.64. The van der Waals surface area contributed by atoms with Gasteiger partial charge in [-0.05, 0) is 44.0 Å². The van der Waals surface area contributed by atoms with Gasteiger partial charge in [0.05, 0.1) is 27.6 Å². The maximum atomic E-state index is 13.1. The SMILES string of the molecule is C=C(C)N1CCC(n2c(=O)[nH]c(=O)c3cnc4ccc(-c5cnc6ccccc6c5)nc4c32)CC1. The van der Waals surface area contributed by atoms with E-state index in [1.807, 2.05) is 49.4 Å². The van der Waals surface area contributed by atoms with Gasteiger partial charge in [0.15, 0.2) is 0 Å². The lowest BCUT2D eigenvalue weighted by atomic mass is 10.0. The van der Waals surface area contributed by atoms with Crippen LogP contribution in [0.25, 0.3) is 44.1 Å². The van der Waals surface area contributed by atoms with E-state index in [0.717, 1.165) is 48.1 Å². The van der Waals surface area contributed by atoms with E-state index in [4.69, 9.17) is 4.98 Å². The Kier molecular flexibility index (Phi) is 4.95. The van der Waals surface area contributed by atoms with Crippen LogP contribution in [0.4, 0.5) is 0 Å². The van der Waals surface area contributed by atoms with Crippen molar-refractivity contribution in [3.8, 4) is 11.3 Å². The third kappa shape index (κ3) is 3.58. The molecule has 0 unspecified atom stereocenters. The van der Waals surface area contributed by atoms with E-state index in [0.29, 0.717) is 27.6 Å². The lowest BCUT2D eigenvalue weighted by Gasteiger charge is -2.34. The minimum atomic E-state index is -0.449. The highest BCUT2D eigenvalue weighted by Crippen LogP contribution is 2.30. The van der Waals surface area contributed by atoms with Crippen LogP contribution in [0.15, 0.2) is 76.7 Å². The average molecular weight is 465 g/mol. The van der Waals surface area contributed by atoms with Crippen molar-refractivity contribution in [1.29, 1.82) is 0 Å². The smallest absolute Gasteiger partial charge is 0.329 e. The maximum Gasteiger partial charge on any atom is 0.329 e. The molecule has 1 aromatic carbocycles. The van der Waals surface area contributed by atoms with Crippen molar-refractivity contribution >= 4 is 32.8 Å². The van der Waals surface area contributed by atoms with Crippen LogP contribution in [0.2, 0.25) is 0 Å². The Morgan fingerprint density at radius 1 is 1.03 bits per heavy atom. The molecule has 5 aromatic rings. The van der Waals surface area contributed by atoms with Crippen LogP contribution in [-0.2, 0) is 0 Å². The largest absolute Gasteiger partial charge is 0.375 e. The summed E-state index contributed by atoms with van der Waals surface area (Å²) in [5.41, 5.74) is 4.34. The minimum absolute atomic E-state index is 0.0594. The van der Waals surface area contributed by atoms with Crippen LogP contribution in [-0.4, -0.2) is 42.5 Å². The highest BCUT2D eigenvalue weighted by molar-refractivity contribution is 6.01. The van der Waals surface area contributed by atoms with Gasteiger partial charge in [0.2, 0.25) is 0 Å². The molecule has 0 amide bonds.